The van der Waals surface area contributed by atoms with Crippen molar-refractivity contribution in [2.75, 3.05) is 6.61 Å². The molecule has 1 heterocycles. The van der Waals surface area contributed by atoms with Crippen molar-refractivity contribution in [2.45, 2.75) is 19.8 Å². The molecule has 21 heavy (non-hydrogen) atoms. The summed E-state index contributed by atoms with van der Waals surface area (Å²) in [6.45, 7) is 2.87. The molecule has 0 aliphatic carbocycles. The van der Waals surface area contributed by atoms with Gasteiger partial charge in [0.2, 0.25) is 5.89 Å². The molecule has 0 unspecified atom stereocenters. The number of oxazole rings is 1. The number of benzene rings is 2. The zero-order chi connectivity index (χ0) is 14.7. The lowest BCUT2D eigenvalue weighted by Gasteiger charge is -2.05. The molecule has 0 radical (unpaired) electrons. The molecule has 2 aromatic carbocycles. The first kappa shape index (κ1) is 13.5. The third kappa shape index (κ3) is 2.99. The SMILES string of the molecule is CCCCOc1ccc(-c2nc3ccc(O)cc3o2)cc1. The van der Waals surface area contributed by atoms with E-state index in [1.807, 2.05) is 24.3 Å². The predicted octanol–water partition coefficient (Wildman–Crippen LogP) is 4.38. The number of rotatable bonds is 5. The van der Waals surface area contributed by atoms with Crippen molar-refractivity contribution in [3.05, 3.63) is 42.5 Å². The first-order valence-corrected chi connectivity index (χ1v) is 7.09. The van der Waals surface area contributed by atoms with Crippen molar-refractivity contribution < 1.29 is 14.3 Å². The minimum atomic E-state index is 0.171. The first-order valence-electron chi connectivity index (χ1n) is 7.09. The average molecular weight is 283 g/mol. The molecule has 108 valence electrons. The van der Waals surface area contributed by atoms with E-state index in [0.29, 0.717) is 11.5 Å². The molecule has 4 heteroatoms. The van der Waals surface area contributed by atoms with Gasteiger partial charge in [0.25, 0.3) is 0 Å². The van der Waals surface area contributed by atoms with Crippen LogP contribution in [0.15, 0.2) is 46.9 Å². The Morgan fingerprint density at radius 3 is 2.71 bits per heavy atom. The highest BCUT2D eigenvalue weighted by Crippen LogP contribution is 2.27. The first-order chi connectivity index (χ1) is 10.3. The monoisotopic (exact) mass is 283 g/mol. The van der Waals surface area contributed by atoms with Crippen LogP contribution in [0, 0.1) is 0 Å². The van der Waals surface area contributed by atoms with Crippen LogP contribution in [-0.2, 0) is 0 Å². The smallest absolute Gasteiger partial charge is 0.227 e. The second kappa shape index (κ2) is 5.87. The van der Waals surface area contributed by atoms with Gasteiger partial charge in [-0.3, -0.25) is 0 Å². The number of ether oxygens (including phenoxy) is 1. The molecule has 0 fully saturated rings. The van der Waals surface area contributed by atoms with E-state index in [-0.39, 0.29) is 5.75 Å². The van der Waals surface area contributed by atoms with E-state index in [2.05, 4.69) is 11.9 Å². The highest BCUT2D eigenvalue weighted by Gasteiger charge is 2.08. The molecule has 1 N–H and O–H groups in total. The van der Waals surface area contributed by atoms with E-state index in [4.69, 9.17) is 9.15 Å². The maximum atomic E-state index is 9.44. The molecule has 0 saturated carbocycles. The maximum Gasteiger partial charge on any atom is 0.227 e. The van der Waals surface area contributed by atoms with E-state index >= 15 is 0 Å². The molecule has 0 aliphatic heterocycles. The Labute approximate surface area is 123 Å². The van der Waals surface area contributed by atoms with Gasteiger partial charge in [-0.2, -0.15) is 0 Å². The van der Waals surface area contributed by atoms with Gasteiger partial charge in [-0.15, -0.1) is 0 Å². The summed E-state index contributed by atoms with van der Waals surface area (Å²) in [6.07, 6.45) is 2.17. The highest BCUT2D eigenvalue weighted by molar-refractivity contribution is 5.77. The Bertz CT molecular complexity index is 731. The van der Waals surface area contributed by atoms with Gasteiger partial charge in [-0.05, 0) is 42.8 Å². The van der Waals surface area contributed by atoms with Crippen molar-refractivity contribution in [3.8, 4) is 23.0 Å². The summed E-state index contributed by atoms with van der Waals surface area (Å²) in [5.74, 6) is 1.56. The van der Waals surface area contributed by atoms with Crippen LogP contribution in [0.5, 0.6) is 11.5 Å². The topological polar surface area (TPSA) is 55.5 Å². The second-order valence-corrected chi connectivity index (χ2v) is 4.90. The fourth-order valence-corrected chi connectivity index (χ4v) is 2.06. The molecular weight excluding hydrogens is 266 g/mol. The van der Waals surface area contributed by atoms with Crippen molar-refractivity contribution in [1.29, 1.82) is 0 Å². The summed E-state index contributed by atoms with van der Waals surface area (Å²) >= 11 is 0. The molecule has 0 atom stereocenters. The molecule has 3 aromatic rings. The number of aromatic nitrogens is 1. The average Bonchev–Trinajstić information content (AvgIpc) is 2.91. The number of phenols is 1. The number of aromatic hydroxyl groups is 1. The molecule has 1 aromatic heterocycles. The van der Waals surface area contributed by atoms with Crippen LogP contribution in [0.25, 0.3) is 22.6 Å². The molecule has 0 aliphatic rings. The number of nitrogens with zero attached hydrogens (tertiary/aromatic N) is 1. The van der Waals surface area contributed by atoms with E-state index in [1.165, 1.54) is 0 Å². The Morgan fingerprint density at radius 2 is 1.95 bits per heavy atom. The summed E-state index contributed by atoms with van der Waals surface area (Å²) in [7, 11) is 0. The van der Waals surface area contributed by atoms with E-state index in [1.54, 1.807) is 18.2 Å². The Kier molecular flexibility index (Phi) is 3.77. The summed E-state index contributed by atoms with van der Waals surface area (Å²) < 4.78 is 11.3. The van der Waals surface area contributed by atoms with Crippen molar-refractivity contribution in [3.63, 3.8) is 0 Å². The normalized spacial score (nSPS) is 10.9. The van der Waals surface area contributed by atoms with Gasteiger partial charge in [0, 0.05) is 11.6 Å². The van der Waals surface area contributed by atoms with E-state index < -0.39 is 0 Å². The third-order valence-electron chi connectivity index (χ3n) is 3.24. The van der Waals surface area contributed by atoms with Crippen molar-refractivity contribution >= 4 is 11.1 Å². The standard InChI is InChI=1S/C17H17NO3/c1-2-3-10-20-14-7-4-12(5-8-14)17-18-15-9-6-13(19)11-16(15)21-17/h4-9,11,19H,2-3,10H2,1H3. The molecule has 0 bridgehead atoms. The van der Waals surface area contributed by atoms with Crippen molar-refractivity contribution in [1.82, 2.24) is 4.98 Å². The van der Waals surface area contributed by atoms with Crippen LogP contribution in [0.4, 0.5) is 0 Å². The molecule has 0 amide bonds. The molecule has 0 saturated heterocycles. The van der Waals surface area contributed by atoms with Gasteiger partial charge in [0.05, 0.1) is 6.61 Å². The largest absolute Gasteiger partial charge is 0.508 e. The highest BCUT2D eigenvalue weighted by atomic mass is 16.5. The van der Waals surface area contributed by atoms with E-state index in [9.17, 15) is 5.11 Å². The zero-order valence-electron chi connectivity index (χ0n) is 11.9. The minimum Gasteiger partial charge on any atom is -0.508 e. The van der Waals surface area contributed by atoms with E-state index in [0.717, 1.165) is 36.3 Å². The van der Waals surface area contributed by atoms with Gasteiger partial charge in [0.1, 0.15) is 17.0 Å². The van der Waals surface area contributed by atoms with Gasteiger partial charge >= 0.3 is 0 Å². The van der Waals surface area contributed by atoms with Gasteiger partial charge in [0.15, 0.2) is 5.58 Å². The van der Waals surface area contributed by atoms with Crippen LogP contribution >= 0.6 is 0 Å². The summed E-state index contributed by atoms with van der Waals surface area (Å²) in [5, 5.41) is 9.44. The summed E-state index contributed by atoms with van der Waals surface area (Å²) in [6, 6.07) is 12.6. The van der Waals surface area contributed by atoms with Gasteiger partial charge in [-0.25, -0.2) is 4.98 Å². The summed E-state index contributed by atoms with van der Waals surface area (Å²) in [4.78, 5) is 4.41. The van der Waals surface area contributed by atoms with Gasteiger partial charge < -0.3 is 14.3 Å². The third-order valence-corrected chi connectivity index (χ3v) is 3.24. The quantitative estimate of drug-likeness (QED) is 0.706. The summed E-state index contributed by atoms with van der Waals surface area (Å²) in [5.41, 5.74) is 2.19. The zero-order valence-corrected chi connectivity index (χ0v) is 11.9. The Morgan fingerprint density at radius 1 is 1.14 bits per heavy atom. The minimum absolute atomic E-state index is 0.171. The van der Waals surface area contributed by atoms with Crippen LogP contribution in [0.3, 0.4) is 0 Å². The van der Waals surface area contributed by atoms with Gasteiger partial charge in [-0.1, -0.05) is 13.3 Å². The fraction of sp³-hybridized carbons (Fsp3) is 0.235. The maximum absolute atomic E-state index is 9.44. The van der Waals surface area contributed by atoms with Crippen LogP contribution < -0.4 is 4.74 Å². The van der Waals surface area contributed by atoms with Crippen LogP contribution in [0.1, 0.15) is 19.8 Å². The molecule has 0 spiro atoms. The number of hydrogen-bond donors (Lipinski definition) is 1. The Hall–Kier alpha value is -2.49. The van der Waals surface area contributed by atoms with Crippen LogP contribution in [0.2, 0.25) is 0 Å². The Balaban J connectivity index is 1.81. The van der Waals surface area contributed by atoms with Crippen LogP contribution in [-0.4, -0.2) is 16.7 Å². The number of fused-ring (bicyclic) bond motifs is 1. The second-order valence-electron chi connectivity index (χ2n) is 4.90. The number of phenolic OH excluding ortho intramolecular Hbond substituents is 1. The molecule has 4 nitrogen and oxygen atoms in total. The fourth-order valence-electron chi connectivity index (χ4n) is 2.06. The lowest BCUT2D eigenvalue weighted by molar-refractivity contribution is 0.309. The molecule has 3 rings (SSSR count). The van der Waals surface area contributed by atoms with Crippen molar-refractivity contribution in [2.24, 2.45) is 0 Å². The predicted molar refractivity (Wildman–Crippen MR) is 81.5 cm³/mol. The lowest BCUT2D eigenvalue weighted by atomic mass is 10.2. The lowest BCUT2D eigenvalue weighted by Crippen LogP contribution is -1.95. The number of unbranched alkanes of at least 4 members (excludes halogenated alkanes) is 1. The molecular formula is C17H17NO3. The number of hydrogen-bond acceptors (Lipinski definition) is 4.